The van der Waals surface area contributed by atoms with Crippen molar-refractivity contribution in [2.24, 2.45) is 5.92 Å². The summed E-state index contributed by atoms with van der Waals surface area (Å²) < 4.78 is 5.92. The van der Waals surface area contributed by atoms with Crippen molar-refractivity contribution in [2.75, 3.05) is 5.32 Å². The van der Waals surface area contributed by atoms with Gasteiger partial charge in [-0.3, -0.25) is 9.59 Å². The average molecular weight is 319 g/mol. The summed E-state index contributed by atoms with van der Waals surface area (Å²) in [5.74, 6) is 0.705. The molecule has 3 aromatic rings. The molecule has 24 heavy (non-hydrogen) atoms. The highest BCUT2D eigenvalue weighted by molar-refractivity contribution is 5.96. The first-order valence-electron chi connectivity index (χ1n) is 8.06. The zero-order valence-corrected chi connectivity index (χ0v) is 13.3. The van der Waals surface area contributed by atoms with Gasteiger partial charge < -0.3 is 9.73 Å². The quantitative estimate of drug-likeness (QED) is 0.790. The third-order valence-electron chi connectivity index (χ3n) is 4.35. The molecule has 1 heterocycles. The molecule has 0 radical (unpaired) electrons. The van der Waals surface area contributed by atoms with Crippen molar-refractivity contribution < 1.29 is 9.21 Å². The standard InChI is InChI=1S/C20H17NO3/c1-12-4-2-3-5-15(12)19-11-17(22)16-10-14(8-9-18(16)24-19)21-20(23)13-6-7-13/h2-5,8-11,13H,6-7H2,1H3,(H,21,23). The lowest BCUT2D eigenvalue weighted by atomic mass is 10.1. The molecule has 4 heteroatoms. The van der Waals surface area contributed by atoms with E-state index < -0.39 is 0 Å². The number of aryl methyl sites for hydroxylation is 1. The van der Waals surface area contributed by atoms with E-state index in [0.717, 1.165) is 24.0 Å². The lowest BCUT2D eigenvalue weighted by Crippen LogP contribution is -2.13. The number of carbonyl (C=O) groups excluding carboxylic acids is 1. The SMILES string of the molecule is Cc1ccccc1-c1cc(=O)c2cc(NC(=O)C3CC3)ccc2o1. The van der Waals surface area contributed by atoms with Crippen molar-refractivity contribution in [1.29, 1.82) is 0 Å². The van der Waals surface area contributed by atoms with E-state index in [4.69, 9.17) is 4.42 Å². The molecule has 120 valence electrons. The molecule has 0 spiro atoms. The molecule has 1 aliphatic rings. The Morgan fingerprint density at radius 1 is 1.12 bits per heavy atom. The lowest BCUT2D eigenvalue weighted by Gasteiger charge is -2.08. The van der Waals surface area contributed by atoms with Crippen LogP contribution in [0.3, 0.4) is 0 Å². The van der Waals surface area contributed by atoms with Gasteiger partial charge in [-0.1, -0.05) is 24.3 Å². The third-order valence-corrected chi connectivity index (χ3v) is 4.35. The minimum Gasteiger partial charge on any atom is -0.456 e. The summed E-state index contributed by atoms with van der Waals surface area (Å²) in [6, 6.07) is 14.5. The second kappa shape index (κ2) is 5.64. The molecule has 1 saturated carbocycles. The molecular weight excluding hydrogens is 302 g/mol. The van der Waals surface area contributed by atoms with Gasteiger partial charge in [-0.15, -0.1) is 0 Å². The molecular formula is C20H17NO3. The van der Waals surface area contributed by atoms with Crippen LogP contribution in [0.25, 0.3) is 22.3 Å². The Labute approximate surface area is 139 Å². The average Bonchev–Trinajstić information content (AvgIpc) is 3.41. The summed E-state index contributed by atoms with van der Waals surface area (Å²) in [6.45, 7) is 1.98. The summed E-state index contributed by atoms with van der Waals surface area (Å²) in [5, 5.41) is 3.33. The van der Waals surface area contributed by atoms with Gasteiger partial charge in [0.15, 0.2) is 5.43 Å². The lowest BCUT2D eigenvalue weighted by molar-refractivity contribution is -0.117. The molecule has 1 N–H and O–H groups in total. The number of carbonyl (C=O) groups is 1. The van der Waals surface area contributed by atoms with Gasteiger partial charge in [-0.05, 0) is 43.5 Å². The summed E-state index contributed by atoms with van der Waals surface area (Å²) in [5.41, 5.74) is 2.99. The number of nitrogens with one attached hydrogen (secondary N) is 1. The number of anilines is 1. The fraction of sp³-hybridized carbons (Fsp3) is 0.200. The number of amides is 1. The van der Waals surface area contributed by atoms with E-state index in [9.17, 15) is 9.59 Å². The molecule has 0 aliphatic heterocycles. The van der Waals surface area contributed by atoms with E-state index in [1.54, 1.807) is 18.2 Å². The van der Waals surface area contributed by atoms with Gasteiger partial charge >= 0.3 is 0 Å². The summed E-state index contributed by atoms with van der Waals surface area (Å²) >= 11 is 0. The first kappa shape index (κ1) is 14.7. The Morgan fingerprint density at radius 3 is 2.67 bits per heavy atom. The van der Waals surface area contributed by atoms with Crippen LogP contribution in [0, 0.1) is 12.8 Å². The maximum atomic E-state index is 12.5. The van der Waals surface area contributed by atoms with Crippen LogP contribution in [-0.2, 0) is 4.79 Å². The molecule has 1 aliphatic carbocycles. The Bertz CT molecular complexity index is 999. The second-order valence-electron chi connectivity index (χ2n) is 6.26. The van der Waals surface area contributed by atoms with Gasteiger partial charge in [0, 0.05) is 23.2 Å². The van der Waals surface area contributed by atoms with E-state index in [1.807, 2.05) is 31.2 Å². The summed E-state index contributed by atoms with van der Waals surface area (Å²) in [7, 11) is 0. The predicted molar refractivity (Wildman–Crippen MR) is 94.0 cm³/mol. The number of rotatable bonds is 3. The van der Waals surface area contributed by atoms with Crippen LogP contribution in [0.1, 0.15) is 18.4 Å². The van der Waals surface area contributed by atoms with Crippen LogP contribution < -0.4 is 10.7 Å². The molecule has 0 bridgehead atoms. The zero-order chi connectivity index (χ0) is 16.7. The Morgan fingerprint density at radius 2 is 1.92 bits per heavy atom. The number of hydrogen-bond donors (Lipinski definition) is 1. The zero-order valence-electron chi connectivity index (χ0n) is 13.3. The van der Waals surface area contributed by atoms with Crippen molar-refractivity contribution in [2.45, 2.75) is 19.8 Å². The third kappa shape index (κ3) is 2.71. The van der Waals surface area contributed by atoms with Crippen molar-refractivity contribution in [1.82, 2.24) is 0 Å². The molecule has 4 nitrogen and oxygen atoms in total. The van der Waals surface area contributed by atoms with Gasteiger partial charge in [-0.25, -0.2) is 0 Å². The minimum atomic E-state index is -0.114. The number of fused-ring (bicyclic) bond motifs is 1. The van der Waals surface area contributed by atoms with Gasteiger partial charge in [0.2, 0.25) is 5.91 Å². The Balaban J connectivity index is 1.75. The van der Waals surface area contributed by atoms with E-state index in [-0.39, 0.29) is 17.3 Å². The molecule has 4 rings (SSSR count). The molecule has 1 amide bonds. The Hall–Kier alpha value is -2.88. The fourth-order valence-electron chi connectivity index (χ4n) is 2.81. The van der Waals surface area contributed by atoms with Crippen molar-refractivity contribution >= 4 is 22.6 Å². The topological polar surface area (TPSA) is 59.3 Å². The van der Waals surface area contributed by atoms with Crippen molar-refractivity contribution in [3.63, 3.8) is 0 Å². The molecule has 1 aromatic heterocycles. The number of benzene rings is 2. The fourth-order valence-corrected chi connectivity index (χ4v) is 2.81. The molecule has 0 unspecified atom stereocenters. The van der Waals surface area contributed by atoms with Crippen LogP contribution in [0.15, 0.2) is 57.7 Å². The highest BCUT2D eigenvalue weighted by Gasteiger charge is 2.29. The summed E-state index contributed by atoms with van der Waals surface area (Å²) in [6.07, 6.45) is 1.89. The highest BCUT2D eigenvalue weighted by Crippen LogP contribution is 2.31. The second-order valence-corrected chi connectivity index (χ2v) is 6.26. The van der Waals surface area contributed by atoms with Gasteiger partial charge in [-0.2, -0.15) is 0 Å². The van der Waals surface area contributed by atoms with Crippen LogP contribution in [0.4, 0.5) is 5.69 Å². The monoisotopic (exact) mass is 319 g/mol. The molecule has 0 atom stereocenters. The van der Waals surface area contributed by atoms with Gasteiger partial charge in [0.05, 0.1) is 5.39 Å². The first-order valence-corrected chi connectivity index (χ1v) is 8.06. The highest BCUT2D eigenvalue weighted by atomic mass is 16.3. The maximum Gasteiger partial charge on any atom is 0.227 e. The van der Waals surface area contributed by atoms with Crippen molar-refractivity contribution in [3.05, 3.63) is 64.3 Å². The molecule has 0 saturated heterocycles. The smallest absolute Gasteiger partial charge is 0.227 e. The largest absolute Gasteiger partial charge is 0.456 e. The molecule has 2 aromatic carbocycles. The van der Waals surface area contributed by atoms with Crippen LogP contribution in [0.2, 0.25) is 0 Å². The van der Waals surface area contributed by atoms with Gasteiger partial charge in [0.1, 0.15) is 11.3 Å². The normalized spacial score (nSPS) is 13.9. The maximum absolute atomic E-state index is 12.5. The van der Waals surface area contributed by atoms with Crippen LogP contribution in [-0.4, -0.2) is 5.91 Å². The molecule has 1 fully saturated rings. The van der Waals surface area contributed by atoms with E-state index in [1.165, 1.54) is 6.07 Å². The van der Waals surface area contributed by atoms with E-state index >= 15 is 0 Å². The minimum absolute atomic E-state index is 0.0234. The Kier molecular flexibility index (Phi) is 3.45. The van der Waals surface area contributed by atoms with Gasteiger partial charge in [0.25, 0.3) is 0 Å². The van der Waals surface area contributed by atoms with E-state index in [0.29, 0.717) is 22.4 Å². The van der Waals surface area contributed by atoms with Crippen LogP contribution >= 0.6 is 0 Å². The number of hydrogen-bond acceptors (Lipinski definition) is 3. The van der Waals surface area contributed by atoms with Crippen LogP contribution in [0.5, 0.6) is 0 Å². The van der Waals surface area contributed by atoms with Crippen molar-refractivity contribution in [3.8, 4) is 11.3 Å². The summed E-state index contributed by atoms with van der Waals surface area (Å²) in [4.78, 5) is 24.4. The predicted octanol–water partition coefficient (Wildman–Crippen LogP) is 4.12. The van der Waals surface area contributed by atoms with E-state index in [2.05, 4.69) is 5.32 Å². The first-order chi connectivity index (χ1) is 11.6.